The molecule has 0 bridgehead atoms. The summed E-state index contributed by atoms with van der Waals surface area (Å²) in [6.45, 7) is 0.630. The topological polar surface area (TPSA) is 49.4 Å². The number of thiophene rings is 1. The Labute approximate surface area is 128 Å². The first-order valence-electron chi connectivity index (χ1n) is 6.38. The normalized spacial score (nSPS) is 12.0. The predicted molar refractivity (Wildman–Crippen MR) is 82.1 cm³/mol. The van der Waals surface area contributed by atoms with Gasteiger partial charge in [-0.3, -0.25) is 0 Å². The van der Waals surface area contributed by atoms with Gasteiger partial charge in [0.2, 0.25) is 0 Å². The van der Waals surface area contributed by atoms with Crippen molar-refractivity contribution in [1.82, 2.24) is 9.62 Å². The lowest BCUT2D eigenvalue weighted by molar-refractivity contribution is 0.458. The molecule has 1 aromatic carbocycles. The van der Waals surface area contributed by atoms with E-state index in [1.165, 1.54) is 28.8 Å². The zero-order chi connectivity index (χ0) is 15.5. The van der Waals surface area contributed by atoms with Gasteiger partial charge >= 0.3 is 0 Å². The average Bonchev–Trinajstić information content (AvgIpc) is 2.91. The highest BCUT2D eigenvalue weighted by atomic mass is 32.2. The number of benzene rings is 1. The van der Waals surface area contributed by atoms with Crippen LogP contribution in [-0.4, -0.2) is 26.8 Å². The van der Waals surface area contributed by atoms with Crippen LogP contribution in [0.1, 0.15) is 10.4 Å². The molecular weight excluding hydrogens is 311 g/mol. The average molecular weight is 328 g/mol. The molecule has 0 saturated heterocycles. The maximum absolute atomic E-state index is 13.6. The number of nitrogens with zero attached hydrogens (tertiary/aromatic N) is 1. The molecule has 0 aliphatic carbocycles. The maximum atomic E-state index is 13.6. The van der Waals surface area contributed by atoms with E-state index in [-0.39, 0.29) is 10.8 Å². The summed E-state index contributed by atoms with van der Waals surface area (Å²) in [7, 11) is -0.333. The summed E-state index contributed by atoms with van der Waals surface area (Å²) in [4.78, 5) is 0.940. The van der Waals surface area contributed by atoms with Gasteiger partial charge < -0.3 is 5.32 Å². The van der Waals surface area contributed by atoms with Gasteiger partial charge in [-0.15, -0.1) is 11.3 Å². The Hall–Kier alpha value is -1.28. The number of nitrogens with one attached hydrogen (secondary N) is 1. The molecule has 0 radical (unpaired) electrons. The lowest BCUT2D eigenvalue weighted by Crippen LogP contribution is -2.26. The zero-order valence-electron chi connectivity index (χ0n) is 11.8. The molecule has 0 saturated carbocycles. The number of hydrogen-bond donors (Lipinski definition) is 1. The summed E-state index contributed by atoms with van der Waals surface area (Å²) < 4.78 is 40.0. The second kappa shape index (κ2) is 6.65. The molecule has 0 atom stereocenters. The second-order valence-corrected chi connectivity index (χ2v) is 8.04. The Kier molecular flexibility index (Phi) is 5.10. The molecular formula is C14H17FN2O2S2. The molecule has 1 N–H and O–H groups in total. The monoisotopic (exact) mass is 328 g/mol. The first kappa shape index (κ1) is 16.1. The van der Waals surface area contributed by atoms with Crippen LogP contribution in [0.5, 0.6) is 0 Å². The van der Waals surface area contributed by atoms with Gasteiger partial charge in [0.05, 0.1) is 0 Å². The van der Waals surface area contributed by atoms with E-state index in [1.807, 2.05) is 0 Å². The van der Waals surface area contributed by atoms with E-state index in [0.29, 0.717) is 12.1 Å². The minimum atomic E-state index is -3.59. The molecule has 4 nitrogen and oxygen atoms in total. The number of hydrogen-bond acceptors (Lipinski definition) is 4. The van der Waals surface area contributed by atoms with Gasteiger partial charge in [0.15, 0.2) is 0 Å². The Morgan fingerprint density at radius 2 is 1.95 bits per heavy atom. The Balaban J connectivity index is 2.20. The van der Waals surface area contributed by atoms with Crippen molar-refractivity contribution in [2.24, 2.45) is 0 Å². The third kappa shape index (κ3) is 3.68. The minimum Gasteiger partial charge on any atom is -0.315 e. The Morgan fingerprint density at radius 1 is 1.24 bits per heavy atom. The van der Waals surface area contributed by atoms with Crippen molar-refractivity contribution in [2.45, 2.75) is 17.3 Å². The van der Waals surface area contributed by atoms with Crippen LogP contribution in [0.15, 0.2) is 40.6 Å². The summed E-state index contributed by atoms with van der Waals surface area (Å²) >= 11 is 1.22. The van der Waals surface area contributed by atoms with Crippen LogP contribution in [0.25, 0.3) is 0 Å². The van der Waals surface area contributed by atoms with E-state index in [2.05, 4.69) is 5.32 Å². The van der Waals surface area contributed by atoms with E-state index in [4.69, 9.17) is 0 Å². The van der Waals surface area contributed by atoms with E-state index in [1.54, 1.807) is 37.4 Å². The van der Waals surface area contributed by atoms with Gasteiger partial charge in [-0.2, -0.15) is 4.31 Å². The van der Waals surface area contributed by atoms with Crippen LogP contribution >= 0.6 is 11.3 Å². The minimum absolute atomic E-state index is 0.00820. The van der Waals surface area contributed by atoms with Crippen LogP contribution in [0, 0.1) is 5.82 Å². The molecule has 2 rings (SSSR count). The van der Waals surface area contributed by atoms with Gasteiger partial charge in [-0.25, -0.2) is 12.8 Å². The largest absolute Gasteiger partial charge is 0.315 e. The highest BCUT2D eigenvalue weighted by molar-refractivity contribution is 7.91. The highest BCUT2D eigenvalue weighted by Gasteiger charge is 2.23. The Bertz CT molecular complexity index is 713. The molecule has 114 valence electrons. The fraction of sp³-hybridized carbons (Fsp3) is 0.286. The van der Waals surface area contributed by atoms with E-state index in [0.717, 1.165) is 4.88 Å². The number of sulfonamides is 1. The second-order valence-electron chi connectivity index (χ2n) is 4.60. The van der Waals surface area contributed by atoms with Crippen LogP contribution in [0.3, 0.4) is 0 Å². The molecule has 0 unspecified atom stereocenters. The molecule has 0 aliphatic rings. The molecule has 2 aromatic rings. The van der Waals surface area contributed by atoms with Crippen molar-refractivity contribution in [3.8, 4) is 0 Å². The van der Waals surface area contributed by atoms with Gasteiger partial charge in [-0.05, 0) is 25.2 Å². The molecule has 7 heteroatoms. The van der Waals surface area contributed by atoms with Crippen molar-refractivity contribution in [1.29, 1.82) is 0 Å². The predicted octanol–water partition coefficient (Wildman–Crippen LogP) is 2.43. The molecule has 0 fully saturated rings. The van der Waals surface area contributed by atoms with Crippen molar-refractivity contribution in [2.75, 3.05) is 14.1 Å². The molecule has 1 aromatic heterocycles. The van der Waals surface area contributed by atoms with E-state index in [9.17, 15) is 12.8 Å². The lowest BCUT2D eigenvalue weighted by Gasteiger charge is -2.16. The summed E-state index contributed by atoms with van der Waals surface area (Å²) in [5.74, 6) is -0.401. The standard InChI is InChI=1S/C14H17FN2O2S2/c1-16-9-12-7-8-14(20-12)21(18,19)17(2)10-11-5-3-4-6-13(11)15/h3-8,16H,9-10H2,1-2H3. The van der Waals surface area contributed by atoms with E-state index >= 15 is 0 Å². The van der Waals surface area contributed by atoms with Crippen LogP contribution in [-0.2, 0) is 23.1 Å². The molecule has 21 heavy (non-hydrogen) atoms. The quantitative estimate of drug-likeness (QED) is 0.886. The SMILES string of the molecule is CNCc1ccc(S(=O)(=O)N(C)Cc2ccccc2F)s1. The molecule has 0 aliphatic heterocycles. The third-order valence-corrected chi connectivity index (χ3v) is 6.36. The summed E-state index contributed by atoms with van der Waals surface area (Å²) in [6, 6.07) is 9.55. The van der Waals surface area contributed by atoms with Gasteiger partial charge in [-0.1, -0.05) is 18.2 Å². The van der Waals surface area contributed by atoms with Crippen molar-refractivity contribution in [3.63, 3.8) is 0 Å². The van der Waals surface area contributed by atoms with E-state index < -0.39 is 15.8 Å². The van der Waals surface area contributed by atoms with Gasteiger partial charge in [0, 0.05) is 30.6 Å². The lowest BCUT2D eigenvalue weighted by atomic mass is 10.2. The third-order valence-electron chi connectivity index (χ3n) is 3.00. The zero-order valence-corrected chi connectivity index (χ0v) is 13.5. The van der Waals surface area contributed by atoms with Crippen LogP contribution in [0.4, 0.5) is 4.39 Å². The summed E-state index contributed by atoms with van der Waals surface area (Å²) in [6.07, 6.45) is 0. The first-order chi connectivity index (χ1) is 9.95. The fourth-order valence-electron chi connectivity index (χ4n) is 1.87. The van der Waals surface area contributed by atoms with Crippen molar-refractivity contribution < 1.29 is 12.8 Å². The summed E-state index contributed by atoms with van der Waals surface area (Å²) in [5.41, 5.74) is 0.357. The van der Waals surface area contributed by atoms with Crippen LogP contribution in [0.2, 0.25) is 0 Å². The highest BCUT2D eigenvalue weighted by Crippen LogP contribution is 2.25. The van der Waals surface area contributed by atoms with Gasteiger partial charge in [0.25, 0.3) is 10.0 Å². The number of rotatable bonds is 6. The number of halogens is 1. The molecule has 0 amide bonds. The van der Waals surface area contributed by atoms with Gasteiger partial charge in [0.1, 0.15) is 10.0 Å². The summed E-state index contributed by atoms with van der Waals surface area (Å²) in [5, 5.41) is 2.98. The van der Waals surface area contributed by atoms with Crippen molar-refractivity contribution >= 4 is 21.4 Å². The fourth-order valence-corrected chi connectivity index (χ4v) is 4.60. The van der Waals surface area contributed by atoms with Crippen LogP contribution < -0.4 is 5.32 Å². The molecule has 1 heterocycles. The molecule has 0 spiro atoms. The first-order valence-corrected chi connectivity index (χ1v) is 8.64. The smallest absolute Gasteiger partial charge is 0.252 e. The van der Waals surface area contributed by atoms with Crippen molar-refractivity contribution in [3.05, 3.63) is 52.7 Å². The maximum Gasteiger partial charge on any atom is 0.252 e. The Morgan fingerprint density at radius 3 is 2.62 bits per heavy atom.